The van der Waals surface area contributed by atoms with Crippen LogP contribution in [0, 0.1) is 0 Å². The quantitative estimate of drug-likeness (QED) is 0.813. The molecule has 0 spiro atoms. The molecule has 0 aliphatic carbocycles. The maximum Gasteiger partial charge on any atom is 0.0420 e. The predicted octanol–water partition coefficient (Wildman–Crippen LogP) is 4.33. The van der Waals surface area contributed by atoms with Gasteiger partial charge in [-0.15, -0.1) is 6.58 Å². The van der Waals surface area contributed by atoms with Crippen molar-refractivity contribution in [3.8, 4) is 0 Å². The lowest BCUT2D eigenvalue weighted by molar-refractivity contribution is 0.589. The molecule has 0 aromatic heterocycles. The maximum atomic E-state index is 6.01. The van der Waals surface area contributed by atoms with Gasteiger partial charge < -0.3 is 5.32 Å². The van der Waals surface area contributed by atoms with Gasteiger partial charge >= 0.3 is 0 Å². The minimum absolute atomic E-state index is 0.275. The third-order valence-electron chi connectivity index (χ3n) is 2.19. The summed E-state index contributed by atoms with van der Waals surface area (Å²) in [6, 6.07) is 6.22. The van der Waals surface area contributed by atoms with Gasteiger partial charge in [0.15, 0.2) is 0 Å². The molecule has 0 saturated carbocycles. The molecule has 3 heteroatoms. The van der Waals surface area contributed by atoms with Gasteiger partial charge in [0.2, 0.25) is 0 Å². The van der Waals surface area contributed by atoms with E-state index in [-0.39, 0.29) is 6.04 Å². The van der Waals surface area contributed by atoms with Crippen molar-refractivity contribution in [3.05, 3.63) is 45.4 Å². The Morgan fingerprint density at radius 2 is 2.20 bits per heavy atom. The van der Waals surface area contributed by atoms with E-state index in [9.17, 15) is 0 Å². The van der Waals surface area contributed by atoms with Crippen molar-refractivity contribution >= 4 is 27.5 Å². The highest BCUT2D eigenvalue weighted by Crippen LogP contribution is 2.26. The smallest absolute Gasteiger partial charge is 0.0420 e. The van der Waals surface area contributed by atoms with Gasteiger partial charge in [0.1, 0.15) is 0 Å². The fourth-order valence-corrected chi connectivity index (χ4v) is 2.40. The highest BCUT2D eigenvalue weighted by Gasteiger charge is 2.10. The molecule has 1 rings (SSSR count). The number of halogens is 2. The second kappa shape index (κ2) is 5.69. The topological polar surface area (TPSA) is 12.0 Å². The monoisotopic (exact) mass is 287 g/mol. The molecule has 0 fully saturated rings. The molecule has 0 bridgehead atoms. The molecule has 1 aromatic rings. The van der Waals surface area contributed by atoms with Crippen molar-refractivity contribution < 1.29 is 0 Å². The van der Waals surface area contributed by atoms with Crippen LogP contribution >= 0.6 is 27.5 Å². The highest BCUT2D eigenvalue weighted by molar-refractivity contribution is 9.10. The summed E-state index contributed by atoms with van der Waals surface area (Å²) < 4.78 is 1.01. The first-order valence-electron chi connectivity index (χ1n) is 4.80. The van der Waals surface area contributed by atoms with Gasteiger partial charge in [0.05, 0.1) is 0 Å². The second-order valence-electron chi connectivity index (χ2n) is 3.71. The van der Waals surface area contributed by atoms with Crippen molar-refractivity contribution in [2.45, 2.75) is 19.4 Å². The van der Waals surface area contributed by atoms with E-state index < -0.39 is 0 Å². The van der Waals surface area contributed by atoms with Crippen molar-refractivity contribution in [2.24, 2.45) is 0 Å². The van der Waals surface area contributed by atoms with Gasteiger partial charge in [0, 0.05) is 15.5 Å². The van der Waals surface area contributed by atoms with E-state index in [0.29, 0.717) is 0 Å². The first-order chi connectivity index (χ1) is 7.02. The Morgan fingerprint density at radius 3 is 2.67 bits per heavy atom. The van der Waals surface area contributed by atoms with E-state index in [0.717, 1.165) is 21.5 Å². The second-order valence-corrected chi connectivity index (χ2v) is 5.06. The molecule has 1 aromatic carbocycles. The molecule has 0 aliphatic rings. The Kier molecular flexibility index (Phi) is 4.84. The van der Waals surface area contributed by atoms with E-state index in [4.69, 9.17) is 11.6 Å². The van der Waals surface area contributed by atoms with Crippen LogP contribution in [0.1, 0.15) is 24.9 Å². The zero-order valence-corrected chi connectivity index (χ0v) is 11.3. The minimum atomic E-state index is 0.275. The van der Waals surface area contributed by atoms with Crippen LogP contribution in [0.4, 0.5) is 0 Å². The molecule has 0 heterocycles. The summed E-state index contributed by atoms with van der Waals surface area (Å²) in [6.45, 7) is 5.96. The van der Waals surface area contributed by atoms with Gasteiger partial charge in [-0.1, -0.05) is 33.1 Å². The van der Waals surface area contributed by atoms with Crippen molar-refractivity contribution in [2.75, 3.05) is 7.05 Å². The molecular weight excluding hydrogens is 273 g/mol. The molecule has 1 N–H and O–H groups in total. The predicted molar refractivity (Wildman–Crippen MR) is 70.4 cm³/mol. The zero-order chi connectivity index (χ0) is 11.4. The molecule has 0 radical (unpaired) electrons. The van der Waals surface area contributed by atoms with Crippen LogP contribution in [0.15, 0.2) is 34.8 Å². The van der Waals surface area contributed by atoms with Gasteiger partial charge in [-0.2, -0.15) is 0 Å². The fourth-order valence-electron chi connectivity index (χ4n) is 1.51. The summed E-state index contributed by atoms with van der Waals surface area (Å²) in [4.78, 5) is 0. The summed E-state index contributed by atoms with van der Waals surface area (Å²) in [5, 5.41) is 4.02. The van der Waals surface area contributed by atoms with Crippen LogP contribution in [0.2, 0.25) is 5.02 Å². The standard InChI is InChI=1S/C12H15BrClN/c1-8(2)4-12(15-3)9-5-10(13)7-11(14)6-9/h5-7,12,15H,1,4H2,2-3H3. The Bertz CT molecular complexity index is 342. The summed E-state index contributed by atoms with van der Waals surface area (Å²) in [7, 11) is 1.95. The molecule has 1 atom stereocenters. The maximum absolute atomic E-state index is 6.01. The van der Waals surface area contributed by atoms with E-state index in [1.54, 1.807) is 0 Å². The van der Waals surface area contributed by atoms with Crippen LogP contribution in [0.5, 0.6) is 0 Å². The van der Waals surface area contributed by atoms with Gasteiger partial charge in [-0.05, 0) is 44.2 Å². The first kappa shape index (κ1) is 12.8. The van der Waals surface area contributed by atoms with E-state index in [1.807, 2.05) is 26.1 Å². The highest BCUT2D eigenvalue weighted by atomic mass is 79.9. The van der Waals surface area contributed by atoms with Gasteiger partial charge in [-0.3, -0.25) is 0 Å². The van der Waals surface area contributed by atoms with E-state index in [1.165, 1.54) is 5.56 Å². The fraction of sp³-hybridized carbons (Fsp3) is 0.333. The lowest BCUT2D eigenvalue weighted by Crippen LogP contribution is -2.16. The molecule has 15 heavy (non-hydrogen) atoms. The number of hydrogen-bond donors (Lipinski definition) is 1. The third-order valence-corrected chi connectivity index (χ3v) is 2.86. The third kappa shape index (κ3) is 3.98. The molecule has 0 amide bonds. The number of benzene rings is 1. The minimum Gasteiger partial charge on any atom is -0.313 e. The lowest BCUT2D eigenvalue weighted by atomic mass is 10.0. The molecule has 0 saturated heterocycles. The average Bonchev–Trinajstić information content (AvgIpc) is 2.12. The van der Waals surface area contributed by atoms with Crippen molar-refractivity contribution in [1.82, 2.24) is 5.32 Å². The first-order valence-corrected chi connectivity index (χ1v) is 5.97. The number of rotatable bonds is 4. The Morgan fingerprint density at radius 1 is 1.53 bits per heavy atom. The zero-order valence-electron chi connectivity index (χ0n) is 8.98. The Hall–Kier alpha value is -0.310. The van der Waals surface area contributed by atoms with Crippen LogP contribution in [-0.4, -0.2) is 7.05 Å². The van der Waals surface area contributed by atoms with Crippen LogP contribution in [0.3, 0.4) is 0 Å². The molecule has 1 unspecified atom stereocenters. The molecule has 0 aliphatic heterocycles. The van der Waals surface area contributed by atoms with Gasteiger partial charge in [0.25, 0.3) is 0 Å². The largest absolute Gasteiger partial charge is 0.313 e. The van der Waals surface area contributed by atoms with E-state index >= 15 is 0 Å². The average molecular weight is 289 g/mol. The Balaban J connectivity index is 2.95. The van der Waals surface area contributed by atoms with Gasteiger partial charge in [-0.25, -0.2) is 0 Å². The number of nitrogens with one attached hydrogen (secondary N) is 1. The summed E-state index contributed by atoms with van der Waals surface area (Å²) in [6.07, 6.45) is 0.920. The summed E-state index contributed by atoms with van der Waals surface area (Å²) >= 11 is 9.45. The van der Waals surface area contributed by atoms with Crippen LogP contribution in [0.25, 0.3) is 0 Å². The van der Waals surface area contributed by atoms with Crippen molar-refractivity contribution in [1.29, 1.82) is 0 Å². The van der Waals surface area contributed by atoms with Crippen LogP contribution < -0.4 is 5.32 Å². The van der Waals surface area contributed by atoms with E-state index in [2.05, 4.69) is 33.9 Å². The molecule has 82 valence electrons. The summed E-state index contributed by atoms with van der Waals surface area (Å²) in [5.74, 6) is 0. The number of hydrogen-bond acceptors (Lipinski definition) is 1. The molecule has 1 nitrogen and oxygen atoms in total. The lowest BCUT2D eigenvalue weighted by Gasteiger charge is -2.17. The Labute approximate surface area is 105 Å². The van der Waals surface area contributed by atoms with Crippen molar-refractivity contribution in [3.63, 3.8) is 0 Å². The SMILES string of the molecule is C=C(C)CC(NC)c1cc(Cl)cc(Br)c1. The molecular formula is C12H15BrClN. The van der Waals surface area contributed by atoms with Crippen LogP contribution in [-0.2, 0) is 0 Å². The normalized spacial score (nSPS) is 12.5. The summed E-state index contributed by atoms with van der Waals surface area (Å²) in [5.41, 5.74) is 2.34.